The molecule has 1 aliphatic rings. The van der Waals surface area contributed by atoms with Crippen molar-refractivity contribution in [1.29, 1.82) is 0 Å². The highest BCUT2D eigenvalue weighted by molar-refractivity contribution is 5.76. The van der Waals surface area contributed by atoms with Gasteiger partial charge in [-0.3, -0.25) is 4.79 Å². The Morgan fingerprint density at radius 2 is 1.94 bits per heavy atom. The summed E-state index contributed by atoms with van der Waals surface area (Å²) in [5.41, 5.74) is 5.36. The first-order chi connectivity index (χ1) is 7.45. The van der Waals surface area contributed by atoms with Gasteiger partial charge in [0.2, 0.25) is 5.91 Å². The summed E-state index contributed by atoms with van der Waals surface area (Å²) in [6, 6.07) is 0.0428. The van der Waals surface area contributed by atoms with Gasteiger partial charge >= 0.3 is 0 Å². The van der Waals surface area contributed by atoms with Gasteiger partial charge in [-0.1, -0.05) is 0 Å². The summed E-state index contributed by atoms with van der Waals surface area (Å²) in [6.45, 7) is 3.82. The summed E-state index contributed by atoms with van der Waals surface area (Å²) < 4.78 is 5.30. The fourth-order valence-corrected chi connectivity index (χ4v) is 1.75. The lowest BCUT2D eigenvalue weighted by atomic mass is 10.1. The quantitative estimate of drug-likeness (QED) is 0.465. The molecule has 0 aromatic rings. The Balaban J connectivity index is 2.47. The number of nitrogens with one attached hydrogen (secondary N) is 1. The predicted octanol–water partition coefficient (Wildman–Crippen LogP) is -1.65. The van der Waals surface area contributed by atoms with Gasteiger partial charge in [-0.25, -0.2) is 0 Å². The second kappa shape index (κ2) is 5.58. The first kappa shape index (κ1) is 13.4. The topological polar surface area (TPSA) is 105 Å². The van der Waals surface area contributed by atoms with Crippen LogP contribution in [0.2, 0.25) is 0 Å². The maximum absolute atomic E-state index is 11.4. The van der Waals surface area contributed by atoms with E-state index in [4.69, 9.17) is 10.5 Å². The van der Waals surface area contributed by atoms with Crippen LogP contribution in [-0.2, 0) is 9.53 Å². The molecule has 0 radical (unpaired) electrons. The zero-order valence-corrected chi connectivity index (χ0v) is 9.59. The average molecular weight is 232 g/mol. The molecule has 0 unspecified atom stereocenters. The SMILES string of the molecule is CC(C)NC(=O)C[C@H]1O[C@H](CN)[C@@H](O)[C@@H]1O. The minimum Gasteiger partial charge on any atom is -0.388 e. The number of nitrogens with two attached hydrogens (primary N) is 1. The second-order valence-electron chi connectivity index (χ2n) is 4.36. The molecule has 1 fully saturated rings. The van der Waals surface area contributed by atoms with Crippen LogP contribution < -0.4 is 11.1 Å². The smallest absolute Gasteiger partial charge is 0.222 e. The highest BCUT2D eigenvalue weighted by Gasteiger charge is 2.42. The Labute approximate surface area is 94.8 Å². The van der Waals surface area contributed by atoms with Crippen LogP contribution >= 0.6 is 0 Å². The minimum absolute atomic E-state index is 0.0346. The van der Waals surface area contributed by atoms with E-state index in [9.17, 15) is 15.0 Å². The number of hydrogen-bond donors (Lipinski definition) is 4. The monoisotopic (exact) mass is 232 g/mol. The third kappa shape index (κ3) is 3.15. The van der Waals surface area contributed by atoms with Gasteiger partial charge < -0.3 is 26.0 Å². The van der Waals surface area contributed by atoms with Crippen molar-refractivity contribution in [2.45, 2.75) is 50.7 Å². The van der Waals surface area contributed by atoms with Crippen LogP contribution in [0.3, 0.4) is 0 Å². The van der Waals surface area contributed by atoms with Gasteiger partial charge in [-0.15, -0.1) is 0 Å². The molecule has 0 aromatic carbocycles. The molecule has 1 heterocycles. The van der Waals surface area contributed by atoms with E-state index in [-0.39, 0.29) is 24.9 Å². The van der Waals surface area contributed by atoms with Gasteiger partial charge in [0, 0.05) is 12.6 Å². The number of aliphatic hydroxyl groups is 2. The molecule has 0 spiro atoms. The van der Waals surface area contributed by atoms with Crippen molar-refractivity contribution in [2.75, 3.05) is 6.54 Å². The van der Waals surface area contributed by atoms with Crippen LogP contribution in [0, 0.1) is 0 Å². The predicted molar refractivity (Wildman–Crippen MR) is 57.6 cm³/mol. The number of hydrogen-bond acceptors (Lipinski definition) is 5. The van der Waals surface area contributed by atoms with Gasteiger partial charge in [0.05, 0.1) is 18.6 Å². The molecule has 1 amide bonds. The summed E-state index contributed by atoms with van der Waals surface area (Å²) in [7, 11) is 0. The van der Waals surface area contributed by atoms with Gasteiger partial charge in [0.15, 0.2) is 0 Å². The maximum atomic E-state index is 11.4. The molecule has 1 rings (SSSR count). The van der Waals surface area contributed by atoms with E-state index in [1.165, 1.54) is 0 Å². The van der Waals surface area contributed by atoms with Gasteiger partial charge in [-0.05, 0) is 13.8 Å². The van der Waals surface area contributed by atoms with E-state index in [1.54, 1.807) is 0 Å². The third-order valence-electron chi connectivity index (χ3n) is 2.53. The summed E-state index contributed by atoms with van der Waals surface area (Å²) in [6.07, 6.45) is -3.30. The van der Waals surface area contributed by atoms with Crippen molar-refractivity contribution >= 4 is 5.91 Å². The lowest BCUT2D eigenvalue weighted by Gasteiger charge is -2.15. The Morgan fingerprint density at radius 1 is 1.38 bits per heavy atom. The summed E-state index contributed by atoms with van der Waals surface area (Å²) in [4.78, 5) is 11.4. The Kier molecular flexibility index (Phi) is 4.67. The second-order valence-corrected chi connectivity index (χ2v) is 4.36. The highest BCUT2D eigenvalue weighted by Crippen LogP contribution is 2.22. The minimum atomic E-state index is -1.05. The number of amides is 1. The van der Waals surface area contributed by atoms with Crippen molar-refractivity contribution < 1.29 is 19.7 Å². The van der Waals surface area contributed by atoms with E-state index in [0.29, 0.717) is 0 Å². The van der Waals surface area contributed by atoms with Crippen molar-refractivity contribution in [2.24, 2.45) is 5.73 Å². The van der Waals surface area contributed by atoms with Crippen molar-refractivity contribution in [1.82, 2.24) is 5.32 Å². The average Bonchev–Trinajstić information content (AvgIpc) is 2.44. The Bertz CT molecular complexity index is 247. The first-order valence-corrected chi connectivity index (χ1v) is 5.46. The normalized spacial score (nSPS) is 34.4. The van der Waals surface area contributed by atoms with Crippen LogP contribution in [0.15, 0.2) is 0 Å². The maximum Gasteiger partial charge on any atom is 0.222 e. The standard InChI is InChI=1S/C10H20N2O4/c1-5(2)12-8(13)3-6-9(14)10(15)7(4-11)16-6/h5-7,9-10,14-15H,3-4,11H2,1-2H3,(H,12,13)/t6-,7-,9-,10-/m1/s1. The van der Waals surface area contributed by atoms with Crippen molar-refractivity contribution in [3.05, 3.63) is 0 Å². The molecule has 0 bridgehead atoms. The first-order valence-electron chi connectivity index (χ1n) is 5.46. The lowest BCUT2D eigenvalue weighted by Crippen LogP contribution is -2.38. The van der Waals surface area contributed by atoms with Crippen LogP contribution in [0.25, 0.3) is 0 Å². The van der Waals surface area contributed by atoms with E-state index in [0.717, 1.165) is 0 Å². The molecule has 1 saturated heterocycles. The summed E-state index contributed by atoms with van der Waals surface area (Å²) in [5, 5.41) is 21.9. The fraction of sp³-hybridized carbons (Fsp3) is 0.900. The molecular formula is C10H20N2O4. The lowest BCUT2D eigenvalue weighted by molar-refractivity contribution is -0.125. The van der Waals surface area contributed by atoms with Crippen molar-refractivity contribution in [3.63, 3.8) is 0 Å². The number of aliphatic hydroxyl groups excluding tert-OH is 2. The molecule has 16 heavy (non-hydrogen) atoms. The van der Waals surface area contributed by atoms with Crippen LogP contribution in [0.1, 0.15) is 20.3 Å². The van der Waals surface area contributed by atoms with Crippen molar-refractivity contribution in [3.8, 4) is 0 Å². The summed E-state index contributed by atoms with van der Waals surface area (Å²) in [5.74, 6) is -0.205. The highest BCUT2D eigenvalue weighted by atomic mass is 16.5. The van der Waals surface area contributed by atoms with Crippen LogP contribution in [0.5, 0.6) is 0 Å². The van der Waals surface area contributed by atoms with Gasteiger partial charge in [0.25, 0.3) is 0 Å². The summed E-state index contributed by atoms with van der Waals surface area (Å²) >= 11 is 0. The molecule has 1 aliphatic heterocycles. The molecule has 4 atom stereocenters. The number of carbonyl (C=O) groups is 1. The van der Waals surface area contributed by atoms with Gasteiger partial charge in [0.1, 0.15) is 12.2 Å². The van der Waals surface area contributed by atoms with Crippen LogP contribution in [-0.4, -0.2) is 53.1 Å². The van der Waals surface area contributed by atoms with E-state index < -0.39 is 24.4 Å². The molecule has 6 heteroatoms. The van der Waals surface area contributed by atoms with E-state index in [1.807, 2.05) is 13.8 Å². The molecule has 5 N–H and O–H groups in total. The number of rotatable bonds is 4. The van der Waals surface area contributed by atoms with Crippen LogP contribution in [0.4, 0.5) is 0 Å². The largest absolute Gasteiger partial charge is 0.388 e. The van der Waals surface area contributed by atoms with Gasteiger partial charge in [-0.2, -0.15) is 0 Å². The number of ether oxygens (including phenoxy) is 1. The zero-order valence-electron chi connectivity index (χ0n) is 9.59. The fourth-order valence-electron chi connectivity index (χ4n) is 1.75. The third-order valence-corrected chi connectivity index (χ3v) is 2.53. The molecule has 0 aromatic heterocycles. The molecule has 94 valence electrons. The Hall–Kier alpha value is -0.690. The zero-order chi connectivity index (χ0) is 12.3. The van der Waals surface area contributed by atoms with E-state index >= 15 is 0 Å². The van der Waals surface area contributed by atoms with E-state index in [2.05, 4.69) is 5.32 Å². The molecule has 6 nitrogen and oxygen atoms in total. The molecule has 0 aliphatic carbocycles. The molecule has 0 saturated carbocycles. The molecular weight excluding hydrogens is 212 g/mol. The Morgan fingerprint density at radius 3 is 2.38 bits per heavy atom. The number of carbonyl (C=O) groups excluding carboxylic acids is 1.